The van der Waals surface area contributed by atoms with E-state index in [1.165, 1.54) is 55.7 Å². The highest BCUT2D eigenvalue weighted by Gasteiger charge is 2.40. The normalized spacial score (nSPS) is 21.5. The summed E-state index contributed by atoms with van der Waals surface area (Å²) in [6, 6.07) is 17.8. The zero-order valence-corrected chi connectivity index (χ0v) is 21.3. The lowest BCUT2D eigenvalue weighted by Crippen LogP contribution is -2.29. The number of pyridine rings is 1. The van der Waals surface area contributed by atoms with Crippen LogP contribution in [0.2, 0.25) is 5.02 Å². The zero-order valence-electron chi connectivity index (χ0n) is 20.5. The molecule has 1 atom stereocenters. The van der Waals surface area contributed by atoms with Crippen LogP contribution in [0.3, 0.4) is 0 Å². The summed E-state index contributed by atoms with van der Waals surface area (Å²) in [5, 5.41) is 4.25. The highest BCUT2D eigenvalue weighted by molar-refractivity contribution is 6.30. The summed E-state index contributed by atoms with van der Waals surface area (Å²) in [6.45, 7) is 6.19. The average molecular weight is 502 g/mol. The molecule has 0 bridgehead atoms. The van der Waals surface area contributed by atoms with E-state index in [0.717, 1.165) is 30.6 Å². The maximum Gasteiger partial charge on any atom is 0.258 e. The van der Waals surface area contributed by atoms with Crippen molar-refractivity contribution < 1.29 is 4.74 Å². The molecule has 36 heavy (non-hydrogen) atoms. The average Bonchev–Trinajstić information content (AvgIpc) is 3.52. The third kappa shape index (κ3) is 5.01. The number of aromatic nitrogens is 1. The number of aryl methyl sites for hydroxylation is 1. The summed E-state index contributed by atoms with van der Waals surface area (Å²) < 4.78 is 7.57. The van der Waals surface area contributed by atoms with Gasteiger partial charge in [0.15, 0.2) is 0 Å². The number of likely N-dealkylation sites (tertiary alicyclic amines) is 1. The van der Waals surface area contributed by atoms with Gasteiger partial charge in [0.2, 0.25) is 0 Å². The monoisotopic (exact) mass is 501 g/mol. The summed E-state index contributed by atoms with van der Waals surface area (Å²) in [6.07, 6.45) is 8.41. The summed E-state index contributed by atoms with van der Waals surface area (Å²) in [5.41, 5.74) is 6.47. The highest BCUT2D eigenvalue weighted by Crippen LogP contribution is 2.37. The van der Waals surface area contributed by atoms with Crippen molar-refractivity contribution in [3.05, 3.63) is 98.4 Å². The van der Waals surface area contributed by atoms with Gasteiger partial charge in [-0.1, -0.05) is 41.9 Å². The Labute approximate surface area is 217 Å². The van der Waals surface area contributed by atoms with Crippen LogP contribution in [-0.4, -0.2) is 35.6 Å². The predicted octanol–water partition coefficient (Wildman–Crippen LogP) is 5.21. The fourth-order valence-electron chi connectivity index (χ4n) is 5.92. The van der Waals surface area contributed by atoms with E-state index in [0.29, 0.717) is 22.8 Å². The summed E-state index contributed by atoms with van der Waals surface area (Å²) in [4.78, 5) is 15.5. The van der Waals surface area contributed by atoms with Gasteiger partial charge in [-0.2, -0.15) is 0 Å². The van der Waals surface area contributed by atoms with E-state index in [1.807, 2.05) is 36.5 Å². The van der Waals surface area contributed by atoms with Gasteiger partial charge in [0.25, 0.3) is 5.56 Å². The van der Waals surface area contributed by atoms with Gasteiger partial charge in [0, 0.05) is 42.6 Å². The molecule has 0 radical (unpaired) electrons. The van der Waals surface area contributed by atoms with Gasteiger partial charge in [-0.3, -0.25) is 14.3 Å². The molecule has 186 valence electrons. The van der Waals surface area contributed by atoms with E-state index in [1.54, 1.807) is 10.6 Å². The Balaban J connectivity index is 1.12. The molecule has 2 fully saturated rings. The van der Waals surface area contributed by atoms with Gasteiger partial charge in [0.1, 0.15) is 12.4 Å². The first-order chi connectivity index (χ1) is 17.6. The summed E-state index contributed by atoms with van der Waals surface area (Å²) in [7, 11) is 0. The fourth-order valence-corrected chi connectivity index (χ4v) is 6.05. The molecule has 2 aliphatic heterocycles. The maximum atomic E-state index is 12.9. The van der Waals surface area contributed by atoms with Crippen LogP contribution in [0, 0.1) is 5.41 Å². The van der Waals surface area contributed by atoms with E-state index in [9.17, 15) is 4.79 Å². The number of halogens is 1. The molecule has 1 N–H and O–H groups in total. The number of hydrogen-bond donors (Lipinski definition) is 1. The van der Waals surface area contributed by atoms with Crippen molar-refractivity contribution in [1.82, 2.24) is 14.8 Å². The van der Waals surface area contributed by atoms with E-state index < -0.39 is 0 Å². The topological polar surface area (TPSA) is 46.5 Å². The van der Waals surface area contributed by atoms with Crippen molar-refractivity contribution in [3.63, 3.8) is 0 Å². The van der Waals surface area contributed by atoms with Gasteiger partial charge < -0.3 is 10.1 Å². The van der Waals surface area contributed by atoms with Gasteiger partial charge in [-0.15, -0.1) is 0 Å². The van der Waals surface area contributed by atoms with Gasteiger partial charge >= 0.3 is 0 Å². The van der Waals surface area contributed by atoms with Gasteiger partial charge in [-0.05, 0) is 90.7 Å². The number of rotatable bonds is 6. The molecule has 5 nitrogen and oxygen atoms in total. The van der Waals surface area contributed by atoms with Crippen LogP contribution in [-0.2, 0) is 19.6 Å². The van der Waals surface area contributed by atoms with Crippen LogP contribution in [0.15, 0.2) is 65.6 Å². The highest BCUT2D eigenvalue weighted by atomic mass is 35.5. The second kappa shape index (κ2) is 9.89. The summed E-state index contributed by atoms with van der Waals surface area (Å²) >= 11 is 5.94. The standard InChI is InChI=1S/C30H32ClN3O2/c31-26-6-2-22(3-7-26)19-36-28-9-13-34(29(35)17-28)27-8-5-24-15-23(1-4-25(24)16-27)18-33-14-11-30(21-33)10-12-32-20-30/h1-4,6-7,9,13,15-17,32H,5,8,10-12,14,18-21H2. The Morgan fingerprint density at radius 3 is 2.67 bits per heavy atom. The SMILES string of the molecule is O=c1cc(OCc2ccc(Cl)cc2)ccn1C1=Cc2ccc(CN3CCC4(CCNC4)C3)cc2CC1. The number of ether oxygens (including phenoxy) is 1. The molecular weight excluding hydrogens is 470 g/mol. The minimum absolute atomic E-state index is 0.0701. The van der Waals surface area contributed by atoms with Crippen LogP contribution >= 0.6 is 11.6 Å². The first-order valence-corrected chi connectivity index (χ1v) is 13.3. The van der Waals surface area contributed by atoms with Crippen LogP contribution in [0.5, 0.6) is 5.75 Å². The molecule has 1 aliphatic carbocycles. The number of benzene rings is 2. The first kappa shape index (κ1) is 23.5. The van der Waals surface area contributed by atoms with Crippen molar-refractivity contribution >= 4 is 23.4 Å². The van der Waals surface area contributed by atoms with Crippen molar-refractivity contribution in [3.8, 4) is 5.75 Å². The molecule has 0 saturated carbocycles. The molecule has 1 aromatic heterocycles. The molecule has 2 aromatic carbocycles. The number of allylic oxidation sites excluding steroid dienone is 1. The van der Waals surface area contributed by atoms with Gasteiger partial charge in [0.05, 0.1) is 0 Å². The molecule has 1 spiro atoms. The third-order valence-electron chi connectivity index (χ3n) is 7.95. The molecule has 3 aliphatic rings. The Morgan fingerprint density at radius 1 is 1.00 bits per heavy atom. The third-order valence-corrected chi connectivity index (χ3v) is 8.21. The van der Waals surface area contributed by atoms with E-state index in [4.69, 9.17) is 16.3 Å². The molecule has 3 aromatic rings. The molecule has 3 heterocycles. The fraction of sp³-hybridized carbons (Fsp3) is 0.367. The maximum absolute atomic E-state index is 12.9. The predicted molar refractivity (Wildman–Crippen MR) is 145 cm³/mol. The van der Waals surface area contributed by atoms with Crippen molar-refractivity contribution in [2.45, 2.75) is 38.8 Å². The minimum atomic E-state index is -0.0701. The van der Waals surface area contributed by atoms with E-state index in [-0.39, 0.29) is 5.56 Å². The molecule has 1 unspecified atom stereocenters. The number of nitrogens with zero attached hydrogens (tertiary/aromatic N) is 2. The molecule has 0 amide bonds. The lowest BCUT2D eigenvalue weighted by Gasteiger charge is -2.23. The lowest BCUT2D eigenvalue weighted by atomic mass is 9.86. The Kier molecular flexibility index (Phi) is 6.46. The van der Waals surface area contributed by atoms with Crippen molar-refractivity contribution in [1.29, 1.82) is 0 Å². The first-order valence-electron chi connectivity index (χ1n) is 12.9. The van der Waals surface area contributed by atoms with E-state index in [2.05, 4.69) is 34.5 Å². The Hall–Kier alpha value is -2.86. The number of nitrogens with one attached hydrogen (secondary N) is 1. The summed E-state index contributed by atoms with van der Waals surface area (Å²) in [5.74, 6) is 0.574. The number of fused-ring (bicyclic) bond motifs is 1. The molecule has 6 heteroatoms. The largest absolute Gasteiger partial charge is 0.489 e. The smallest absolute Gasteiger partial charge is 0.258 e. The Morgan fingerprint density at radius 2 is 1.86 bits per heavy atom. The van der Waals surface area contributed by atoms with Crippen molar-refractivity contribution in [2.24, 2.45) is 5.41 Å². The van der Waals surface area contributed by atoms with Crippen LogP contribution in [0.1, 0.15) is 41.5 Å². The van der Waals surface area contributed by atoms with E-state index >= 15 is 0 Å². The van der Waals surface area contributed by atoms with Crippen LogP contribution in [0.25, 0.3) is 11.8 Å². The van der Waals surface area contributed by atoms with Crippen LogP contribution in [0.4, 0.5) is 0 Å². The number of hydrogen-bond acceptors (Lipinski definition) is 4. The molecular formula is C30H32ClN3O2. The molecule has 6 rings (SSSR count). The zero-order chi connectivity index (χ0) is 24.5. The van der Waals surface area contributed by atoms with Gasteiger partial charge in [-0.25, -0.2) is 0 Å². The second-order valence-corrected chi connectivity index (χ2v) is 11.0. The quantitative estimate of drug-likeness (QED) is 0.503. The Bertz CT molecular complexity index is 1340. The van der Waals surface area contributed by atoms with Crippen molar-refractivity contribution in [2.75, 3.05) is 26.2 Å². The molecule has 2 saturated heterocycles. The minimum Gasteiger partial charge on any atom is -0.489 e. The second-order valence-electron chi connectivity index (χ2n) is 10.5. The lowest BCUT2D eigenvalue weighted by molar-refractivity contribution is 0.268. The van der Waals surface area contributed by atoms with Crippen LogP contribution < -0.4 is 15.6 Å².